The van der Waals surface area contributed by atoms with Gasteiger partial charge in [0, 0.05) is 32.1 Å². The van der Waals surface area contributed by atoms with Gasteiger partial charge in [0.25, 0.3) is 0 Å². The summed E-state index contributed by atoms with van der Waals surface area (Å²) in [7, 11) is 0. The quantitative estimate of drug-likeness (QED) is 0.849. The second-order valence-corrected chi connectivity index (χ2v) is 6.52. The summed E-state index contributed by atoms with van der Waals surface area (Å²) in [4.78, 5) is 14.4. The highest BCUT2D eigenvalue weighted by molar-refractivity contribution is 5.76. The van der Waals surface area contributed by atoms with Crippen LogP contribution in [0.3, 0.4) is 0 Å². The minimum atomic E-state index is 0.146. The SMILES string of the molecule is O=C(CCc1ccccc1)NCC1CCCN(Cc2ccon2)C1. The standard InChI is InChI=1S/C19H25N3O2/c23-19(9-8-16-5-2-1-3-6-16)20-13-17-7-4-11-22(14-17)15-18-10-12-24-21-18/h1-3,5-6,10,12,17H,4,7-9,11,13-15H2,(H,20,23). The van der Waals surface area contributed by atoms with Crippen molar-refractivity contribution in [2.45, 2.75) is 32.2 Å². The first-order chi connectivity index (χ1) is 11.8. The van der Waals surface area contributed by atoms with E-state index in [4.69, 9.17) is 4.52 Å². The first kappa shape index (κ1) is 16.7. The number of amides is 1. The van der Waals surface area contributed by atoms with Crippen LogP contribution in [0.2, 0.25) is 0 Å². The van der Waals surface area contributed by atoms with E-state index in [-0.39, 0.29) is 5.91 Å². The maximum Gasteiger partial charge on any atom is 0.220 e. The van der Waals surface area contributed by atoms with Crippen LogP contribution < -0.4 is 5.32 Å². The number of rotatable bonds is 7. The number of carbonyl (C=O) groups is 1. The predicted molar refractivity (Wildman–Crippen MR) is 92.3 cm³/mol. The third-order valence-corrected chi connectivity index (χ3v) is 4.55. The first-order valence-corrected chi connectivity index (χ1v) is 8.72. The number of piperidine rings is 1. The lowest BCUT2D eigenvalue weighted by Crippen LogP contribution is -2.40. The van der Waals surface area contributed by atoms with E-state index < -0.39 is 0 Å². The fourth-order valence-corrected chi connectivity index (χ4v) is 3.26. The van der Waals surface area contributed by atoms with E-state index in [9.17, 15) is 4.79 Å². The summed E-state index contributed by atoms with van der Waals surface area (Å²) in [6, 6.07) is 12.1. The van der Waals surface area contributed by atoms with E-state index in [1.165, 1.54) is 18.4 Å². The van der Waals surface area contributed by atoms with Crippen LogP contribution >= 0.6 is 0 Å². The molecule has 0 saturated carbocycles. The lowest BCUT2D eigenvalue weighted by molar-refractivity contribution is -0.121. The van der Waals surface area contributed by atoms with Crippen molar-refractivity contribution >= 4 is 5.91 Å². The number of nitrogens with zero attached hydrogens (tertiary/aromatic N) is 2. The number of likely N-dealkylation sites (tertiary alicyclic amines) is 1. The second kappa shape index (κ2) is 8.64. The molecule has 1 amide bonds. The summed E-state index contributed by atoms with van der Waals surface area (Å²) < 4.78 is 4.89. The maximum atomic E-state index is 12.0. The topological polar surface area (TPSA) is 58.4 Å². The lowest BCUT2D eigenvalue weighted by Gasteiger charge is -2.32. The van der Waals surface area contributed by atoms with Crippen molar-refractivity contribution in [3.63, 3.8) is 0 Å². The number of hydrogen-bond donors (Lipinski definition) is 1. The molecule has 1 atom stereocenters. The molecule has 0 radical (unpaired) electrons. The molecule has 1 unspecified atom stereocenters. The Kier molecular flexibility index (Phi) is 6.01. The Balaban J connectivity index is 1.37. The van der Waals surface area contributed by atoms with E-state index >= 15 is 0 Å². The van der Waals surface area contributed by atoms with Gasteiger partial charge in [0.05, 0.1) is 5.69 Å². The summed E-state index contributed by atoms with van der Waals surface area (Å²) in [6.45, 7) is 3.69. The van der Waals surface area contributed by atoms with Crippen molar-refractivity contribution < 1.29 is 9.32 Å². The van der Waals surface area contributed by atoms with Crippen LogP contribution in [-0.4, -0.2) is 35.6 Å². The minimum Gasteiger partial charge on any atom is -0.364 e. The molecule has 1 aromatic carbocycles. The van der Waals surface area contributed by atoms with Gasteiger partial charge in [-0.05, 0) is 37.3 Å². The van der Waals surface area contributed by atoms with Crippen LogP contribution in [0.25, 0.3) is 0 Å². The van der Waals surface area contributed by atoms with Gasteiger partial charge in [-0.25, -0.2) is 0 Å². The van der Waals surface area contributed by atoms with Gasteiger partial charge in [0.2, 0.25) is 5.91 Å². The van der Waals surface area contributed by atoms with Crippen molar-refractivity contribution in [3.05, 3.63) is 53.9 Å². The molecule has 5 heteroatoms. The van der Waals surface area contributed by atoms with Crippen LogP contribution in [0.1, 0.15) is 30.5 Å². The predicted octanol–water partition coefficient (Wildman–Crippen LogP) is 2.64. The molecule has 0 aliphatic carbocycles. The van der Waals surface area contributed by atoms with Crippen LogP contribution in [0.15, 0.2) is 47.2 Å². The van der Waals surface area contributed by atoms with Crippen molar-refractivity contribution in [1.29, 1.82) is 0 Å². The molecular formula is C19H25N3O2. The normalized spacial score (nSPS) is 18.4. The van der Waals surface area contributed by atoms with Gasteiger partial charge >= 0.3 is 0 Å². The summed E-state index contributed by atoms with van der Waals surface area (Å²) in [5.74, 6) is 0.666. The van der Waals surface area contributed by atoms with Crippen LogP contribution in [0, 0.1) is 5.92 Å². The van der Waals surface area contributed by atoms with Crippen molar-refractivity contribution in [2.75, 3.05) is 19.6 Å². The first-order valence-electron chi connectivity index (χ1n) is 8.72. The largest absolute Gasteiger partial charge is 0.364 e. The number of nitrogens with one attached hydrogen (secondary N) is 1. The zero-order chi connectivity index (χ0) is 16.6. The number of aromatic nitrogens is 1. The van der Waals surface area contributed by atoms with Crippen LogP contribution in [0.4, 0.5) is 0 Å². The molecule has 0 spiro atoms. The number of aryl methyl sites for hydroxylation is 1. The Hall–Kier alpha value is -2.14. The van der Waals surface area contributed by atoms with E-state index in [2.05, 4.69) is 27.5 Å². The number of hydrogen-bond acceptors (Lipinski definition) is 4. The fourth-order valence-electron chi connectivity index (χ4n) is 3.26. The van der Waals surface area contributed by atoms with Gasteiger partial charge in [-0.15, -0.1) is 0 Å². The molecule has 2 heterocycles. The summed E-state index contributed by atoms with van der Waals surface area (Å²) in [5.41, 5.74) is 2.19. The van der Waals surface area contributed by atoms with Gasteiger partial charge < -0.3 is 9.84 Å². The Bertz CT molecular complexity index is 613. The molecule has 5 nitrogen and oxygen atoms in total. The highest BCUT2D eigenvalue weighted by Crippen LogP contribution is 2.17. The van der Waals surface area contributed by atoms with Crippen LogP contribution in [0.5, 0.6) is 0 Å². The molecule has 2 aromatic rings. The maximum absolute atomic E-state index is 12.0. The van der Waals surface area contributed by atoms with Crippen LogP contribution in [-0.2, 0) is 17.8 Å². The number of benzene rings is 1. The highest BCUT2D eigenvalue weighted by Gasteiger charge is 2.21. The Labute approximate surface area is 143 Å². The molecule has 0 bridgehead atoms. The lowest BCUT2D eigenvalue weighted by atomic mass is 9.97. The zero-order valence-electron chi connectivity index (χ0n) is 14.0. The molecule has 1 saturated heterocycles. The molecule has 1 aliphatic rings. The smallest absolute Gasteiger partial charge is 0.220 e. The van der Waals surface area contributed by atoms with Gasteiger partial charge in [0.1, 0.15) is 6.26 Å². The minimum absolute atomic E-state index is 0.146. The third-order valence-electron chi connectivity index (χ3n) is 4.55. The van der Waals surface area contributed by atoms with E-state index in [0.717, 1.165) is 38.3 Å². The Morgan fingerprint density at radius 2 is 2.17 bits per heavy atom. The average Bonchev–Trinajstić information content (AvgIpc) is 3.12. The second-order valence-electron chi connectivity index (χ2n) is 6.52. The van der Waals surface area contributed by atoms with Gasteiger partial charge in [-0.2, -0.15) is 0 Å². The molecule has 24 heavy (non-hydrogen) atoms. The van der Waals surface area contributed by atoms with Gasteiger partial charge in [-0.1, -0.05) is 35.5 Å². The summed E-state index contributed by atoms with van der Waals surface area (Å²) in [6.07, 6.45) is 5.31. The molecule has 1 N–H and O–H groups in total. The summed E-state index contributed by atoms with van der Waals surface area (Å²) >= 11 is 0. The average molecular weight is 327 g/mol. The van der Waals surface area contributed by atoms with E-state index in [0.29, 0.717) is 12.3 Å². The zero-order valence-corrected chi connectivity index (χ0v) is 14.0. The van der Waals surface area contributed by atoms with E-state index in [1.807, 2.05) is 24.3 Å². The Morgan fingerprint density at radius 3 is 2.96 bits per heavy atom. The van der Waals surface area contributed by atoms with E-state index in [1.54, 1.807) is 6.26 Å². The number of carbonyl (C=O) groups excluding carboxylic acids is 1. The van der Waals surface area contributed by atoms with Gasteiger partial charge in [-0.3, -0.25) is 9.69 Å². The monoisotopic (exact) mass is 327 g/mol. The van der Waals surface area contributed by atoms with Gasteiger partial charge in [0.15, 0.2) is 0 Å². The molecule has 128 valence electrons. The highest BCUT2D eigenvalue weighted by atomic mass is 16.5. The Morgan fingerprint density at radius 1 is 1.29 bits per heavy atom. The van der Waals surface area contributed by atoms with Crippen molar-refractivity contribution in [1.82, 2.24) is 15.4 Å². The third kappa shape index (κ3) is 5.20. The summed E-state index contributed by atoms with van der Waals surface area (Å²) in [5, 5.41) is 7.08. The van der Waals surface area contributed by atoms with Crippen molar-refractivity contribution in [2.24, 2.45) is 5.92 Å². The molecular weight excluding hydrogens is 302 g/mol. The van der Waals surface area contributed by atoms with Crippen molar-refractivity contribution in [3.8, 4) is 0 Å². The molecule has 3 rings (SSSR count). The molecule has 1 aliphatic heterocycles. The molecule has 1 aromatic heterocycles. The fraction of sp³-hybridized carbons (Fsp3) is 0.474. The molecule has 1 fully saturated rings.